The monoisotopic (exact) mass is 240 g/mol. The molecule has 0 bridgehead atoms. The van der Waals surface area contributed by atoms with Gasteiger partial charge < -0.3 is 5.73 Å². The van der Waals surface area contributed by atoms with E-state index < -0.39 is 15.3 Å². The zero-order chi connectivity index (χ0) is 12.2. The first kappa shape index (κ1) is 12.3. The van der Waals surface area contributed by atoms with E-state index >= 15 is 0 Å². The third-order valence-corrected chi connectivity index (χ3v) is 3.64. The van der Waals surface area contributed by atoms with Crippen molar-refractivity contribution in [3.05, 3.63) is 18.3 Å². The zero-order valence-corrected chi connectivity index (χ0v) is 9.53. The smallest absolute Gasteiger partial charge is 0.249 e. The third-order valence-electron chi connectivity index (χ3n) is 1.94. The normalized spacial score (nSPS) is 12.8. The van der Waals surface area contributed by atoms with Gasteiger partial charge in [0.2, 0.25) is 10.0 Å². The van der Waals surface area contributed by atoms with Crippen molar-refractivity contribution in [2.75, 3.05) is 10.5 Å². The number of nitriles is 1. The highest BCUT2D eigenvalue weighted by molar-refractivity contribution is 7.93. The Bertz CT molecular complexity index is 489. The van der Waals surface area contributed by atoms with Gasteiger partial charge in [-0.2, -0.15) is 5.26 Å². The van der Waals surface area contributed by atoms with Crippen LogP contribution in [0.4, 0.5) is 11.5 Å². The van der Waals surface area contributed by atoms with E-state index in [2.05, 4.69) is 9.71 Å². The summed E-state index contributed by atoms with van der Waals surface area (Å²) in [7, 11) is -3.68. The molecule has 16 heavy (non-hydrogen) atoms. The highest BCUT2D eigenvalue weighted by atomic mass is 32.2. The van der Waals surface area contributed by atoms with Crippen LogP contribution in [0, 0.1) is 11.3 Å². The molecule has 0 saturated heterocycles. The molecule has 0 radical (unpaired) electrons. The van der Waals surface area contributed by atoms with Gasteiger partial charge in [0.25, 0.3) is 0 Å². The maximum absolute atomic E-state index is 11.7. The Kier molecular flexibility index (Phi) is 3.68. The summed E-state index contributed by atoms with van der Waals surface area (Å²) in [6.07, 6.45) is 1.53. The molecule has 1 atom stereocenters. The number of rotatable bonds is 4. The van der Waals surface area contributed by atoms with Crippen molar-refractivity contribution in [3.63, 3.8) is 0 Å². The molecule has 86 valence electrons. The van der Waals surface area contributed by atoms with E-state index in [9.17, 15) is 8.42 Å². The molecule has 1 unspecified atom stereocenters. The van der Waals surface area contributed by atoms with Gasteiger partial charge in [-0.05, 0) is 18.6 Å². The Hall–Kier alpha value is -1.81. The van der Waals surface area contributed by atoms with Gasteiger partial charge in [-0.15, -0.1) is 0 Å². The number of aromatic nitrogens is 1. The molecule has 0 aromatic carbocycles. The van der Waals surface area contributed by atoms with E-state index in [1.807, 2.05) is 0 Å². The van der Waals surface area contributed by atoms with Crippen molar-refractivity contribution in [1.82, 2.24) is 4.98 Å². The summed E-state index contributed by atoms with van der Waals surface area (Å²) in [4.78, 5) is 3.74. The summed E-state index contributed by atoms with van der Waals surface area (Å²) >= 11 is 0. The molecule has 0 spiro atoms. The average molecular weight is 240 g/mol. The summed E-state index contributed by atoms with van der Waals surface area (Å²) < 4.78 is 25.6. The van der Waals surface area contributed by atoms with E-state index in [0.29, 0.717) is 11.5 Å². The van der Waals surface area contributed by atoms with E-state index in [0.717, 1.165) is 0 Å². The van der Waals surface area contributed by atoms with Gasteiger partial charge in [0.1, 0.15) is 5.82 Å². The van der Waals surface area contributed by atoms with Gasteiger partial charge in [0, 0.05) is 0 Å². The van der Waals surface area contributed by atoms with Crippen LogP contribution in [0.25, 0.3) is 0 Å². The molecule has 7 heteroatoms. The molecule has 3 N–H and O–H groups in total. The second-order valence-corrected chi connectivity index (χ2v) is 5.01. The molecule has 1 heterocycles. The highest BCUT2D eigenvalue weighted by Gasteiger charge is 2.23. The van der Waals surface area contributed by atoms with Crippen molar-refractivity contribution in [1.29, 1.82) is 5.26 Å². The number of anilines is 2. The van der Waals surface area contributed by atoms with Gasteiger partial charge in [0.05, 0.1) is 18.0 Å². The molecule has 0 fully saturated rings. The lowest BCUT2D eigenvalue weighted by Gasteiger charge is -2.10. The third kappa shape index (κ3) is 2.84. The number of nitrogen functional groups attached to an aromatic ring is 1. The lowest BCUT2D eigenvalue weighted by molar-refractivity contribution is 0.593. The van der Waals surface area contributed by atoms with Crippen LogP contribution in [0.1, 0.15) is 13.3 Å². The summed E-state index contributed by atoms with van der Waals surface area (Å²) in [5.41, 5.74) is 5.66. The largest absolute Gasteiger partial charge is 0.384 e. The zero-order valence-electron chi connectivity index (χ0n) is 8.71. The van der Waals surface area contributed by atoms with Crippen LogP contribution >= 0.6 is 0 Å². The molecule has 6 nitrogen and oxygen atoms in total. The van der Waals surface area contributed by atoms with Crippen LogP contribution in [-0.4, -0.2) is 18.7 Å². The number of hydrogen-bond donors (Lipinski definition) is 2. The highest BCUT2D eigenvalue weighted by Crippen LogP contribution is 2.13. The summed E-state index contributed by atoms with van der Waals surface area (Å²) in [6, 6.07) is 4.70. The lowest BCUT2D eigenvalue weighted by Crippen LogP contribution is -2.26. The second-order valence-electron chi connectivity index (χ2n) is 3.14. The van der Waals surface area contributed by atoms with Crippen molar-refractivity contribution >= 4 is 21.5 Å². The van der Waals surface area contributed by atoms with Crippen LogP contribution in [0.2, 0.25) is 0 Å². The molecule has 0 saturated carbocycles. The first-order valence-electron chi connectivity index (χ1n) is 4.62. The lowest BCUT2D eigenvalue weighted by atomic mass is 10.4. The van der Waals surface area contributed by atoms with Gasteiger partial charge in [-0.3, -0.25) is 4.72 Å². The molecule has 0 aliphatic heterocycles. The number of nitrogens with one attached hydrogen (secondary N) is 1. The molecule has 1 aromatic heterocycles. The topological polar surface area (TPSA) is 109 Å². The van der Waals surface area contributed by atoms with Crippen LogP contribution in [-0.2, 0) is 10.0 Å². The fourth-order valence-corrected chi connectivity index (χ4v) is 2.25. The summed E-state index contributed by atoms with van der Waals surface area (Å²) in [5.74, 6) is 0.301. The van der Waals surface area contributed by atoms with Crippen LogP contribution in [0.15, 0.2) is 18.3 Å². The second kappa shape index (κ2) is 4.81. The molecule has 0 aliphatic carbocycles. The van der Waals surface area contributed by atoms with Gasteiger partial charge in [-0.25, -0.2) is 13.4 Å². The summed E-state index contributed by atoms with van der Waals surface area (Å²) in [6.45, 7) is 1.63. The Morgan fingerprint density at radius 2 is 2.31 bits per heavy atom. The maximum Gasteiger partial charge on any atom is 0.249 e. The first-order valence-corrected chi connectivity index (χ1v) is 6.17. The molecule has 1 aromatic rings. The molecule has 0 aliphatic rings. The predicted molar refractivity (Wildman–Crippen MR) is 60.9 cm³/mol. The SMILES string of the molecule is CCC(C#N)S(=O)(=O)Nc1ccc(N)nc1. The van der Waals surface area contributed by atoms with Crippen LogP contribution in [0.5, 0.6) is 0 Å². The van der Waals surface area contributed by atoms with E-state index in [4.69, 9.17) is 11.0 Å². The number of hydrogen-bond acceptors (Lipinski definition) is 5. The minimum absolute atomic E-state index is 0.230. The maximum atomic E-state index is 11.7. The van der Waals surface area contributed by atoms with Crippen LogP contribution in [0.3, 0.4) is 0 Å². The van der Waals surface area contributed by atoms with Crippen LogP contribution < -0.4 is 10.5 Å². The standard InChI is InChI=1S/C9H12N4O2S/c1-2-8(5-10)16(14,15)13-7-3-4-9(11)12-6-7/h3-4,6,8,13H,2H2,1H3,(H2,11,12). The van der Waals surface area contributed by atoms with Gasteiger partial charge >= 0.3 is 0 Å². The van der Waals surface area contributed by atoms with Crippen molar-refractivity contribution in [2.24, 2.45) is 0 Å². The Labute approximate surface area is 94.2 Å². The Morgan fingerprint density at radius 1 is 1.62 bits per heavy atom. The average Bonchev–Trinajstić information content (AvgIpc) is 2.22. The number of pyridine rings is 1. The number of sulfonamides is 1. The Morgan fingerprint density at radius 3 is 2.75 bits per heavy atom. The molecule has 1 rings (SSSR count). The minimum atomic E-state index is -3.68. The van der Waals surface area contributed by atoms with Gasteiger partial charge in [-0.1, -0.05) is 6.92 Å². The fourth-order valence-electron chi connectivity index (χ4n) is 1.08. The summed E-state index contributed by atoms with van der Waals surface area (Å²) in [5, 5.41) is 7.61. The number of nitrogens with two attached hydrogens (primary N) is 1. The van der Waals surface area contributed by atoms with Crippen molar-refractivity contribution in [3.8, 4) is 6.07 Å². The first-order chi connectivity index (χ1) is 7.49. The predicted octanol–water partition coefficient (Wildman–Crippen LogP) is 0.708. The quantitative estimate of drug-likeness (QED) is 0.805. The molecular formula is C9H12N4O2S. The van der Waals surface area contributed by atoms with E-state index in [1.54, 1.807) is 13.0 Å². The van der Waals surface area contributed by atoms with E-state index in [1.165, 1.54) is 18.3 Å². The molecule has 0 amide bonds. The van der Waals surface area contributed by atoms with E-state index in [-0.39, 0.29) is 6.42 Å². The van der Waals surface area contributed by atoms with Crippen molar-refractivity contribution < 1.29 is 8.42 Å². The fraction of sp³-hybridized carbons (Fsp3) is 0.333. The van der Waals surface area contributed by atoms with Gasteiger partial charge in [0.15, 0.2) is 5.25 Å². The number of nitrogens with zero attached hydrogens (tertiary/aromatic N) is 2. The Balaban J connectivity index is 2.89. The molecular weight excluding hydrogens is 228 g/mol. The van der Waals surface area contributed by atoms with Crippen molar-refractivity contribution in [2.45, 2.75) is 18.6 Å². The minimum Gasteiger partial charge on any atom is -0.384 e.